The molecular formula is C9H7Cl2N3O. The molecule has 15 heavy (non-hydrogen) atoms. The summed E-state index contributed by atoms with van der Waals surface area (Å²) in [6.07, 6.45) is 0.467. The Morgan fingerprint density at radius 2 is 2.13 bits per heavy atom. The number of aromatic amines is 2. The van der Waals surface area contributed by atoms with Gasteiger partial charge in [0.05, 0.1) is 0 Å². The summed E-state index contributed by atoms with van der Waals surface area (Å²) in [6.45, 7) is 0. The van der Waals surface area contributed by atoms with Gasteiger partial charge < -0.3 is 0 Å². The average molecular weight is 244 g/mol. The molecule has 6 heteroatoms. The van der Waals surface area contributed by atoms with Gasteiger partial charge in [-0.1, -0.05) is 29.3 Å². The molecular weight excluding hydrogens is 237 g/mol. The summed E-state index contributed by atoms with van der Waals surface area (Å²) >= 11 is 11.7. The molecule has 0 saturated heterocycles. The van der Waals surface area contributed by atoms with Crippen molar-refractivity contribution in [2.75, 3.05) is 0 Å². The Balaban J connectivity index is 2.28. The van der Waals surface area contributed by atoms with Gasteiger partial charge in [0.1, 0.15) is 5.82 Å². The van der Waals surface area contributed by atoms with Crippen LogP contribution in [0.25, 0.3) is 0 Å². The van der Waals surface area contributed by atoms with Gasteiger partial charge in [-0.25, -0.2) is 9.89 Å². The Morgan fingerprint density at radius 3 is 2.73 bits per heavy atom. The fourth-order valence-corrected chi connectivity index (χ4v) is 1.71. The molecule has 0 aliphatic carbocycles. The van der Waals surface area contributed by atoms with Gasteiger partial charge in [0.2, 0.25) is 0 Å². The summed E-state index contributed by atoms with van der Waals surface area (Å²) in [6, 6.07) is 5.20. The van der Waals surface area contributed by atoms with Gasteiger partial charge >= 0.3 is 5.69 Å². The molecule has 0 aliphatic rings. The van der Waals surface area contributed by atoms with Crippen molar-refractivity contribution >= 4 is 23.2 Å². The summed E-state index contributed by atoms with van der Waals surface area (Å²) in [5, 5.41) is 7.22. The highest BCUT2D eigenvalue weighted by atomic mass is 35.5. The van der Waals surface area contributed by atoms with E-state index in [4.69, 9.17) is 23.2 Å². The maximum Gasteiger partial charge on any atom is 0.340 e. The molecule has 0 aliphatic heterocycles. The van der Waals surface area contributed by atoms with Crippen LogP contribution in [0.2, 0.25) is 10.0 Å². The van der Waals surface area contributed by atoms with Crippen LogP contribution in [-0.2, 0) is 6.42 Å². The van der Waals surface area contributed by atoms with Crippen molar-refractivity contribution in [1.82, 2.24) is 15.2 Å². The number of nitrogens with zero attached hydrogens (tertiary/aromatic N) is 1. The SMILES string of the molecule is O=c1[nH]nc(Cc2ccc(Cl)cc2Cl)[nH]1. The van der Waals surface area contributed by atoms with E-state index in [1.54, 1.807) is 18.2 Å². The second-order valence-electron chi connectivity index (χ2n) is 3.04. The van der Waals surface area contributed by atoms with Crippen LogP contribution in [0.4, 0.5) is 0 Å². The maximum atomic E-state index is 10.8. The van der Waals surface area contributed by atoms with Gasteiger partial charge in [0.15, 0.2) is 0 Å². The minimum atomic E-state index is -0.324. The first-order chi connectivity index (χ1) is 7.15. The lowest BCUT2D eigenvalue weighted by Gasteiger charge is -2.01. The Kier molecular flexibility index (Phi) is 2.79. The number of rotatable bonds is 2. The van der Waals surface area contributed by atoms with Crippen LogP contribution in [0.3, 0.4) is 0 Å². The molecule has 78 valence electrons. The summed E-state index contributed by atoms with van der Waals surface area (Å²) in [4.78, 5) is 13.3. The lowest BCUT2D eigenvalue weighted by molar-refractivity contribution is 0.970. The third kappa shape index (κ3) is 2.40. The van der Waals surface area contributed by atoms with Crippen LogP contribution >= 0.6 is 23.2 Å². The van der Waals surface area contributed by atoms with E-state index in [-0.39, 0.29) is 5.69 Å². The van der Waals surface area contributed by atoms with Crippen molar-refractivity contribution in [2.24, 2.45) is 0 Å². The van der Waals surface area contributed by atoms with E-state index >= 15 is 0 Å². The molecule has 1 heterocycles. The molecule has 0 saturated carbocycles. The highest BCUT2D eigenvalue weighted by Gasteiger charge is 2.05. The van der Waals surface area contributed by atoms with Crippen molar-refractivity contribution in [3.63, 3.8) is 0 Å². The van der Waals surface area contributed by atoms with E-state index in [2.05, 4.69) is 15.2 Å². The first-order valence-corrected chi connectivity index (χ1v) is 4.98. The zero-order chi connectivity index (χ0) is 10.8. The molecule has 0 unspecified atom stereocenters. The zero-order valence-electron chi connectivity index (χ0n) is 7.55. The van der Waals surface area contributed by atoms with Gasteiger partial charge in [0.25, 0.3) is 0 Å². The van der Waals surface area contributed by atoms with Crippen LogP contribution in [0.1, 0.15) is 11.4 Å². The first kappa shape index (κ1) is 10.3. The van der Waals surface area contributed by atoms with E-state index in [9.17, 15) is 4.79 Å². The summed E-state index contributed by atoms with van der Waals surface area (Å²) in [5.74, 6) is 0.546. The molecule has 4 nitrogen and oxygen atoms in total. The summed E-state index contributed by atoms with van der Waals surface area (Å²) in [7, 11) is 0. The van der Waals surface area contributed by atoms with E-state index < -0.39 is 0 Å². The number of benzene rings is 1. The van der Waals surface area contributed by atoms with Crippen LogP contribution < -0.4 is 5.69 Å². The predicted octanol–water partition coefficient (Wildman–Crippen LogP) is 2.00. The lowest BCUT2D eigenvalue weighted by Crippen LogP contribution is -2.01. The van der Waals surface area contributed by atoms with Crippen LogP contribution in [0.15, 0.2) is 23.0 Å². The average Bonchev–Trinajstić information content (AvgIpc) is 2.56. The van der Waals surface area contributed by atoms with E-state index in [1.807, 2.05) is 0 Å². The second-order valence-corrected chi connectivity index (χ2v) is 3.88. The van der Waals surface area contributed by atoms with Crippen LogP contribution in [-0.4, -0.2) is 15.2 Å². The quantitative estimate of drug-likeness (QED) is 0.848. The Labute approximate surface area is 95.2 Å². The molecule has 0 radical (unpaired) electrons. The van der Waals surface area contributed by atoms with Gasteiger partial charge in [-0.05, 0) is 17.7 Å². The third-order valence-electron chi connectivity index (χ3n) is 1.92. The molecule has 1 aromatic carbocycles. The largest absolute Gasteiger partial charge is 0.340 e. The number of H-pyrrole nitrogens is 2. The fourth-order valence-electron chi connectivity index (χ4n) is 1.23. The number of hydrogen-bond donors (Lipinski definition) is 2. The fraction of sp³-hybridized carbons (Fsp3) is 0.111. The highest BCUT2D eigenvalue weighted by molar-refractivity contribution is 6.35. The minimum absolute atomic E-state index is 0.324. The van der Waals surface area contributed by atoms with Gasteiger partial charge in [0, 0.05) is 16.5 Å². The van der Waals surface area contributed by atoms with E-state index in [0.29, 0.717) is 22.3 Å². The standard InChI is InChI=1S/C9H7Cl2N3O/c10-6-2-1-5(7(11)4-6)3-8-12-9(15)14-13-8/h1-2,4H,3H2,(H2,12,13,14,15). The van der Waals surface area contributed by atoms with Gasteiger partial charge in [-0.15, -0.1) is 0 Å². The Morgan fingerprint density at radius 1 is 1.33 bits per heavy atom. The second kappa shape index (κ2) is 4.08. The number of hydrogen-bond acceptors (Lipinski definition) is 2. The summed E-state index contributed by atoms with van der Waals surface area (Å²) < 4.78 is 0. The van der Waals surface area contributed by atoms with Crippen molar-refractivity contribution in [2.45, 2.75) is 6.42 Å². The van der Waals surface area contributed by atoms with Gasteiger partial charge in [-0.2, -0.15) is 5.10 Å². The monoisotopic (exact) mass is 243 g/mol. The normalized spacial score (nSPS) is 10.5. The molecule has 2 aromatic rings. The Hall–Kier alpha value is -1.26. The van der Waals surface area contributed by atoms with Crippen molar-refractivity contribution in [3.05, 3.63) is 50.1 Å². The number of aromatic nitrogens is 3. The topological polar surface area (TPSA) is 61.5 Å². The van der Waals surface area contributed by atoms with E-state index in [1.165, 1.54) is 0 Å². The number of halogens is 2. The lowest BCUT2D eigenvalue weighted by atomic mass is 10.1. The van der Waals surface area contributed by atoms with Crippen molar-refractivity contribution in [1.29, 1.82) is 0 Å². The zero-order valence-corrected chi connectivity index (χ0v) is 9.06. The molecule has 0 bridgehead atoms. The van der Waals surface area contributed by atoms with Gasteiger partial charge in [-0.3, -0.25) is 4.98 Å². The molecule has 2 rings (SSSR count). The highest BCUT2D eigenvalue weighted by Crippen LogP contribution is 2.22. The molecule has 0 fully saturated rings. The number of nitrogens with one attached hydrogen (secondary N) is 2. The first-order valence-electron chi connectivity index (χ1n) is 4.22. The molecule has 2 N–H and O–H groups in total. The van der Waals surface area contributed by atoms with Crippen molar-refractivity contribution in [3.8, 4) is 0 Å². The maximum absolute atomic E-state index is 10.8. The molecule has 1 aromatic heterocycles. The smallest absolute Gasteiger partial charge is 0.293 e. The molecule has 0 amide bonds. The van der Waals surface area contributed by atoms with Crippen LogP contribution in [0.5, 0.6) is 0 Å². The molecule has 0 spiro atoms. The van der Waals surface area contributed by atoms with E-state index in [0.717, 1.165) is 5.56 Å². The Bertz CT molecular complexity index is 532. The predicted molar refractivity (Wildman–Crippen MR) is 58.5 cm³/mol. The third-order valence-corrected chi connectivity index (χ3v) is 2.51. The minimum Gasteiger partial charge on any atom is -0.293 e. The van der Waals surface area contributed by atoms with Crippen molar-refractivity contribution < 1.29 is 0 Å². The summed E-state index contributed by atoms with van der Waals surface area (Å²) in [5.41, 5.74) is 0.541. The molecule has 0 atom stereocenters. The van der Waals surface area contributed by atoms with Crippen LogP contribution in [0, 0.1) is 0 Å².